The predicted octanol–water partition coefficient (Wildman–Crippen LogP) is 5.22. The van der Waals surface area contributed by atoms with Crippen LogP contribution in [0.3, 0.4) is 0 Å². The summed E-state index contributed by atoms with van der Waals surface area (Å²) in [7, 11) is 0. The first-order valence-corrected chi connectivity index (χ1v) is 8.89. The lowest BCUT2D eigenvalue weighted by atomic mass is 9.69. The van der Waals surface area contributed by atoms with Crippen LogP contribution in [-0.4, -0.2) is 29.4 Å². The van der Waals surface area contributed by atoms with Crippen molar-refractivity contribution in [3.8, 4) is 0 Å². The molecule has 0 radical (unpaired) electrons. The smallest absolute Gasteiger partial charge is 0.242 e. The zero-order valence-electron chi connectivity index (χ0n) is 14.4. The average molecular weight is 357 g/mol. The van der Waals surface area contributed by atoms with Gasteiger partial charge in [0, 0.05) is 27.8 Å². The Morgan fingerprint density at radius 1 is 1.22 bits per heavy atom. The van der Waals surface area contributed by atoms with Crippen LogP contribution >= 0.6 is 23.2 Å². The fraction of sp³-hybridized carbons (Fsp3) is 0.611. The molecule has 128 valence electrons. The van der Waals surface area contributed by atoms with Crippen molar-refractivity contribution in [1.29, 1.82) is 0 Å². The van der Waals surface area contributed by atoms with E-state index in [0.29, 0.717) is 10.0 Å². The molecule has 0 aromatic heterocycles. The second-order valence-corrected chi connectivity index (χ2v) is 8.41. The van der Waals surface area contributed by atoms with Crippen LogP contribution < -0.4 is 5.32 Å². The van der Waals surface area contributed by atoms with E-state index in [0.717, 1.165) is 25.1 Å². The van der Waals surface area contributed by atoms with Crippen molar-refractivity contribution >= 4 is 34.8 Å². The highest BCUT2D eigenvalue weighted by Crippen LogP contribution is 2.42. The number of benzene rings is 1. The van der Waals surface area contributed by atoms with E-state index in [4.69, 9.17) is 23.2 Å². The molecule has 1 aliphatic rings. The fourth-order valence-corrected chi connectivity index (χ4v) is 3.76. The van der Waals surface area contributed by atoms with Gasteiger partial charge in [0.2, 0.25) is 5.91 Å². The molecule has 5 heteroatoms. The van der Waals surface area contributed by atoms with Crippen molar-refractivity contribution in [1.82, 2.24) is 4.90 Å². The van der Waals surface area contributed by atoms with Gasteiger partial charge in [-0.05, 0) is 49.8 Å². The molecular formula is C18H26Cl2N2O. The molecule has 1 saturated heterocycles. The number of rotatable bonds is 3. The normalized spacial score (nSPS) is 22.1. The molecule has 1 amide bonds. The molecule has 1 atom stereocenters. The highest BCUT2D eigenvalue weighted by molar-refractivity contribution is 6.35. The molecule has 3 nitrogen and oxygen atoms in total. The highest BCUT2D eigenvalue weighted by Gasteiger charge is 2.45. The Morgan fingerprint density at radius 3 is 2.39 bits per heavy atom. The van der Waals surface area contributed by atoms with Crippen molar-refractivity contribution in [2.24, 2.45) is 5.41 Å². The van der Waals surface area contributed by atoms with Crippen LogP contribution in [0, 0.1) is 5.41 Å². The number of nitrogens with zero attached hydrogens (tertiary/aromatic N) is 1. The summed E-state index contributed by atoms with van der Waals surface area (Å²) in [4.78, 5) is 14.9. The van der Waals surface area contributed by atoms with E-state index in [-0.39, 0.29) is 23.4 Å². The number of carbonyl (C=O) groups excluding carboxylic acids is 1. The first-order valence-electron chi connectivity index (χ1n) is 8.14. The summed E-state index contributed by atoms with van der Waals surface area (Å²) in [6.07, 6.45) is 3.29. The number of nitrogens with one attached hydrogen (secondary N) is 1. The molecule has 1 unspecified atom stereocenters. The monoisotopic (exact) mass is 356 g/mol. The molecular weight excluding hydrogens is 331 g/mol. The summed E-state index contributed by atoms with van der Waals surface area (Å²) >= 11 is 12.0. The van der Waals surface area contributed by atoms with Crippen LogP contribution in [-0.2, 0) is 4.79 Å². The van der Waals surface area contributed by atoms with Crippen LogP contribution in [0.5, 0.6) is 0 Å². The van der Waals surface area contributed by atoms with Crippen molar-refractivity contribution in [3.05, 3.63) is 28.2 Å². The van der Waals surface area contributed by atoms with Crippen molar-refractivity contribution < 1.29 is 4.79 Å². The summed E-state index contributed by atoms with van der Waals surface area (Å²) in [6, 6.07) is 5.23. The molecule has 2 rings (SSSR count). The number of anilines is 1. The van der Waals surface area contributed by atoms with E-state index in [1.165, 1.54) is 6.42 Å². The molecule has 1 N–H and O–H groups in total. The zero-order chi connectivity index (χ0) is 17.3. The maximum atomic E-state index is 12.8. The molecule has 0 saturated carbocycles. The van der Waals surface area contributed by atoms with Crippen LogP contribution in [0.1, 0.15) is 47.0 Å². The van der Waals surface area contributed by atoms with Crippen molar-refractivity contribution in [2.75, 3.05) is 18.4 Å². The van der Waals surface area contributed by atoms with E-state index < -0.39 is 0 Å². The third kappa shape index (κ3) is 4.13. The summed E-state index contributed by atoms with van der Waals surface area (Å²) in [6.45, 7) is 9.92. The second kappa shape index (κ2) is 6.90. The first kappa shape index (κ1) is 18.4. The average Bonchev–Trinajstić information content (AvgIpc) is 2.43. The van der Waals surface area contributed by atoms with Crippen LogP contribution in [0.25, 0.3) is 0 Å². The minimum Gasteiger partial charge on any atom is -0.376 e. The van der Waals surface area contributed by atoms with Crippen LogP contribution in [0.2, 0.25) is 10.0 Å². The third-order valence-electron chi connectivity index (χ3n) is 5.11. The maximum absolute atomic E-state index is 12.8. The van der Waals surface area contributed by atoms with E-state index >= 15 is 0 Å². The Hall–Kier alpha value is -0.930. The number of halogens is 2. The number of hydrogen-bond acceptors (Lipinski definition) is 2. The van der Waals surface area contributed by atoms with Crippen LogP contribution in [0.4, 0.5) is 5.69 Å². The minimum absolute atomic E-state index is 0.0441. The van der Waals surface area contributed by atoms with Gasteiger partial charge in [0.15, 0.2) is 0 Å². The Morgan fingerprint density at radius 2 is 1.83 bits per heavy atom. The molecule has 1 aromatic carbocycles. The van der Waals surface area contributed by atoms with Gasteiger partial charge in [-0.2, -0.15) is 0 Å². The van der Waals surface area contributed by atoms with Gasteiger partial charge in [-0.3, -0.25) is 4.79 Å². The summed E-state index contributed by atoms with van der Waals surface area (Å²) < 4.78 is 0. The number of amides is 1. The number of likely N-dealkylation sites (tertiary alicyclic amines) is 1. The Balaban J connectivity index is 2.09. The van der Waals surface area contributed by atoms with Gasteiger partial charge < -0.3 is 10.2 Å². The SMILES string of the molecule is CC(C)(C)C1(C)CCCCN1C(=O)CNc1cc(Cl)cc(Cl)c1. The summed E-state index contributed by atoms with van der Waals surface area (Å²) in [5.41, 5.74) is 0.698. The number of piperidine rings is 1. The topological polar surface area (TPSA) is 32.3 Å². The van der Waals surface area contributed by atoms with Crippen LogP contribution in [0.15, 0.2) is 18.2 Å². The third-order valence-corrected chi connectivity index (χ3v) is 5.55. The van der Waals surface area contributed by atoms with Gasteiger partial charge in [-0.25, -0.2) is 0 Å². The minimum atomic E-state index is -0.115. The molecule has 1 fully saturated rings. The molecule has 1 heterocycles. The largest absolute Gasteiger partial charge is 0.376 e. The molecule has 0 spiro atoms. The molecule has 1 aliphatic heterocycles. The molecule has 0 bridgehead atoms. The predicted molar refractivity (Wildman–Crippen MR) is 98.4 cm³/mol. The summed E-state index contributed by atoms with van der Waals surface area (Å²) in [5, 5.41) is 4.27. The number of carbonyl (C=O) groups is 1. The van der Waals surface area contributed by atoms with Crippen molar-refractivity contribution in [3.63, 3.8) is 0 Å². The molecule has 0 aliphatic carbocycles. The van der Waals surface area contributed by atoms with Gasteiger partial charge in [0.05, 0.1) is 6.54 Å². The first-order chi connectivity index (χ1) is 10.6. The zero-order valence-corrected chi connectivity index (χ0v) is 15.9. The quantitative estimate of drug-likeness (QED) is 0.804. The van der Waals surface area contributed by atoms with Gasteiger partial charge >= 0.3 is 0 Å². The highest BCUT2D eigenvalue weighted by atomic mass is 35.5. The maximum Gasteiger partial charge on any atom is 0.242 e. The lowest BCUT2D eigenvalue weighted by Gasteiger charge is -2.53. The van der Waals surface area contributed by atoms with Gasteiger partial charge in [0.1, 0.15) is 0 Å². The Kier molecular flexibility index (Phi) is 5.52. The lowest BCUT2D eigenvalue weighted by molar-refractivity contribution is -0.143. The second-order valence-electron chi connectivity index (χ2n) is 7.54. The fourth-order valence-electron chi connectivity index (χ4n) is 3.23. The van der Waals surface area contributed by atoms with Crippen molar-refractivity contribution in [2.45, 2.75) is 52.5 Å². The lowest BCUT2D eigenvalue weighted by Crippen LogP contribution is -2.60. The van der Waals surface area contributed by atoms with E-state index in [1.807, 2.05) is 0 Å². The van der Waals surface area contributed by atoms with E-state index in [9.17, 15) is 4.79 Å². The van der Waals surface area contributed by atoms with E-state index in [2.05, 4.69) is 37.9 Å². The Labute approximate surface area is 149 Å². The van der Waals surface area contributed by atoms with Gasteiger partial charge in [0.25, 0.3) is 0 Å². The molecule has 23 heavy (non-hydrogen) atoms. The number of hydrogen-bond donors (Lipinski definition) is 1. The van der Waals surface area contributed by atoms with Gasteiger partial charge in [-0.15, -0.1) is 0 Å². The summed E-state index contributed by atoms with van der Waals surface area (Å²) in [5.74, 6) is 0.123. The Bertz CT molecular complexity index is 563. The standard InChI is InChI=1S/C18H26Cl2N2O/c1-17(2,3)18(4)7-5-6-8-22(18)16(23)12-21-15-10-13(19)9-14(20)11-15/h9-11,21H,5-8,12H2,1-4H3. The van der Waals surface area contributed by atoms with E-state index in [1.54, 1.807) is 18.2 Å². The van der Waals surface area contributed by atoms with Gasteiger partial charge in [-0.1, -0.05) is 44.0 Å². The molecule has 1 aromatic rings.